The molecule has 2 aromatic heterocycles. The predicted molar refractivity (Wildman–Crippen MR) is 104 cm³/mol. The van der Waals surface area contributed by atoms with E-state index in [9.17, 15) is 23.1 Å². The SMILES string of the molecule is C[C@H]1OC(=O)C(c2cc(-c3cnc(N)nc3C(F)(F)F)nc(N3CCOCC3)n2)[C@H]1CO. The Labute approximate surface area is 180 Å². The van der Waals surface area contributed by atoms with E-state index in [2.05, 4.69) is 19.9 Å². The fraction of sp³-hybridized carbons (Fsp3) is 0.526. The second-order valence-corrected chi connectivity index (χ2v) is 7.53. The number of hydrogen-bond donors (Lipinski definition) is 2. The van der Waals surface area contributed by atoms with E-state index in [1.807, 2.05) is 0 Å². The molecule has 3 N–H and O–H groups in total. The third-order valence-corrected chi connectivity index (χ3v) is 5.50. The highest BCUT2D eigenvalue weighted by molar-refractivity contribution is 5.81. The molecule has 0 amide bonds. The molecule has 0 aliphatic carbocycles. The van der Waals surface area contributed by atoms with E-state index in [0.29, 0.717) is 26.3 Å². The summed E-state index contributed by atoms with van der Waals surface area (Å²) in [6.07, 6.45) is -4.45. The Morgan fingerprint density at radius 3 is 2.62 bits per heavy atom. The molecule has 0 bridgehead atoms. The van der Waals surface area contributed by atoms with Crippen molar-refractivity contribution in [2.24, 2.45) is 5.92 Å². The molecule has 13 heteroatoms. The third-order valence-electron chi connectivity index (χ3n) is 5.50. The van der Waals surface area contributed by atoms with Crippen LogP contribution in [0.5, 0.6) is 0 Å². The number of nitrogens with two attached hydrogens (primary N) is 1. The maximum absolute atomic E-state index is 13.7. The minimum absolute atomic E-state index is 0.118. The number of anilines is 2. The Morgan fingerprint density at radius 1 is 1.25 bits per heavy atom. The molecule has 2 saturated heterocycles. The Balaban J connectivity index is 1.88. The molecular formula is C19H21F3N6O4. The number of ether oxygens (including phenoxy) is 2. The first-order valence-electron chi connectivity index (χ1n) is 9.92. The second kappa shape index (κ2) is 8.47. The zero-order valence-corrected chi connectivity index (χ0v) is 17.0. The maximum atomic E-state index is 13.7. The summed E-state index contributed by atoms with van der Waals surface area (Å²) in [6, 6.07) is 1.28. The smallest absolute Gasteiger partial charge is 0.434 e. The predicted octanol–water partition coefficient (Wildman–Crippen LogP) is 1.01. The Hall–Kier alpha value is -3.06. The van der Waals surface area contributed by atoms with Gasteiger partial charge in [-0.2, -0.15) is 13.2 Å². The highest BCUT2D eigenvalue weighted by atomic mass is 19.4. The van der Waals surface area contributed by atoms with Crippen LogP contribution in [0.4, 0.5) is 25.1 Å². The summed E-state index contributed by atoms with van der Waals surface area (Å²) in [6.45, 7) is 2.90. The quantitative estimate of drug-likeness (QED) is 0.644. The normalized spacial score (nSPS) is 24.0. The lowest BCUT2D eigenvalue weighted by molar-refractivity contribution is -0.142. The first-order chi connectivity index (χ1) is 15.2. The van der Waals surface area contributed by atoms with E-state index in [1.54, 1.807) is 11.8 Å². The van der Waals surface area contributed by atoms with E-state index in [1.165, 1.54) is 6.07 Å². The van der Waals surface area contributed by atoms with Crippen LogP contribution >= 0.6 is 0 Å². The van der Waals surface area contributed by atoms with Crippen molar-refractivity contribution in [3.8, 4) is 11.3 Å². The molecule has 0 saturated carbocycles. The minimum atomic E-state index is -4.81. The van der Waals surface area contributed by atoms with Gasteiger partial charge in [0.2, 0.25) is 11.9 Å². The van der Waals surface area contributed by atoms with Crippen LogP contribution in [0, 0.1) is 5.92 Å². The van der Waals surface area contributed by atoms with Gasteiger partial charge in [0, 0.05) is 30.8 Å². The van der Waals surface area contributed by atoms with Crippen LogP contribution in [0.2, 0.25) is 0 Å². The van der Waals surface area contributed by atoms with Crippen LogP contribution < -0.4 is 10.6 Å². The number of carbonyl (C=O) groups is 1. The Morgan fingerprint density at radius 2 is 1.97 bits per heavy atom. The molecule has 2 aliphatic rings. The van der Waals surface area contributed by atoms with Crippen molar-refractivity contribution in [3.63, 3.8) is 0 Å². The van der Waals surface area contributed by atoms with Crippen molar-refractivity contribution >= 4 is 17.9 Å². The molecule has 2 aliphatic heterocycles. The number of nitrogen functional groups attached to an aromatic ring is 1. The van der Waals surface area contributed by atoms with Gasteiger partial charge in [-0.25, -0.2) is 19.9 Å². The molecule has 4 rings (SSSR count). The number of rotatable bonds is 4. The Bertz CT molecular complexity index is 1020. The first kappa shape index (κ1) is 22.1. The number of esters is 1. The molecule has 4 heterocycles. The number of nitrogens with zero attached hydrogens (tertiary/aromatic N) is 5. The van der Waals surface area contributed by atoms with Gasteiger partial charge in [-0.3, -0.25) is 4.79 Å². The minimum Gasteiger partial charge on any atom is -0.462 e. The zero-order valence-electron chi connectivity index (χ0n) is 17.0. The van der Waals surface area contributed by atoms with Crippen molar-refractivity contribution in [2.45, 2.75) is 25.1 Å². The number of aromatic nitrogens is 4. The fourth-order valence-corrected chi connectivity index (χ4v) is 3.84. The molecule has 2 fully saturated rings. The number of aliphatic hydroxyl groups is 1. The average molecular weight is 454 g/mol. The van der Waals surface area contributed by atoms with Gasteiger partial charge >= 0.3 is 12.1 Å². The number of carbonyl (C=O) groups excluding carboxylic acids is 1. The molecule has 1 unspecified atom stereocenters. The van der Waals surface area contributed by atoms with Crippen LogP contribution in [0.15, 0.2) is 12.3 Å². The number of morpholine rings is 1. The summed E-state index contributed by atoms with van der Waals surface area (Å²) in [5, 5.41) is 9.79. The van der Waals surface area contributed by atoms with Gasteiger partial charge in [0.25, 0.3) is 0 Å². The van der Waals surface area contributed by atoms with Crippen molar-refractivity contribution in [1.82, 2.24) is 19.9 Å². The molecule has 3 atom stereocenters. The largest absolute Gasteiger partial charge is 0.462 e. The van der Waals surface area contributed by atoms with Crippen LogP contribution in [0.3, 0.4) is 0 Å². The second-order valence-electron chi connectivity index (χ2n) is 7.53. The van der Waals surface area contributed by atoms with Gasteiger partial charge < -0.3 is 25.2 Å². The fourth-order valence-electron chi connectivity index (χ4n) is 3.84. The Kier molecular flexibility index (Phi) is 5.86. The van der Waals surface area contributed by atoms with Crippen LogP contribution in [0.25, 0.3) is 11.3 Å². The summed E-state index contributed by atoms with van der Waals surface area (Å²) in [5.74, 6) is -2.57. The van der Waals surface area contributed by atoms with Crippen LogP contribution in [-0.4, -0.2) is 70.0 Å². The number of halogens is 3. The molecule has 0 aromatic carbocycles. The molecule has 0 radical (unpaired) electrons. The topological polar surface area (TPSA) is 137 Å². The van der Waals surface area contributed by atoms with Gasteiger partial charge in [-0.05, 0) is 13.0 Å². The molecule has 10 nitrogen and oxygen atoms in total. The van der Waals surface area contributed by atoms with Gasteiger partial charge in [0.05, 0.1) is 31.2 Å². The van der Waals surface area contributed by atoms with Crippen molar-refractivity contribution in [2.75, 3.05) is 43.5 Å². The van der Waals surface area contributed by atoms with Gasteiger partial charge in [-0.15, -0.1) is 0 Å². The van der Waals surface area contributed by atoms with E-state index in [0.717, 1.165) is 6.20 Å². The van der Waals surface area contributed by atoms with Crippen molar-refractivity contribution < 1.29 is 32.5 Å². The number of hydrogen-bond acceptors (Lipinski definition) is 10. The van der Waals surface area contributed by atoms with E-state index < -0.39 is 47.3 Å². The highest BCUT2D eigenvalue weighted by Crippen LogP contribution is 2.39. The van der Waals surface area contributed by atoms with Crippen LogP contribution in [-0.2, 0) is 20.4 Å². The van der Waals surface area contributed by atoms with Gasteiger partial charge in [0.15, 0.2) is 5.69 Å². The summed E-state index contributed by atoms with van der Waals surface area (Å²) < 4.78 is 51.6. The summed E-state index contributed by atoms with van der Waals surface area (Å²) in [5.41, 5.74) is 3.77. The van der Waals surface area contributed by atoms with Crippen molar-refractivity contribution in [3.05, 3.63) is 23.7 Å². The number of alkyl halides is 3. The number of aliphatic hydroxyl groups excluding tert-OH is 1. The summed E-state index contributed by atoms with van der Waals surface area (Å²) in [7, 11) is 0. The standard InChI is InChI=1S/C19H21F3N6O4/c1-9-11(8-29)14(16(30)32-9)13-6-12(25-18(26-13)28-2-4-31-5-3-28)10-7-24-17(23)27-15(10)19(20,21)22/h6-7,9,11,14,29H,2-5,8H2,1H3,(H2,23,24,27)/t9-,11+,14?/m1/s1. The van der Waals surface area contributed by atoms with E-state index >= 15 is 0 Å². The lowest BCUT2D eigenvalue weighted by Crippen LogP contribution is -2.37. The average Bonchev–Trinajstić information content (AvgIpc) is 3.06. The van der Waals surface area contributed by atoms with E-state index in [4.69, 9.17) is 15.2 Å². The molecule has 2 aromatic rings. The lowest BCUT2D eigenvalue weighted by Gasteiger charge is -2.28. The highest BCUT2D eigenvalue weighted by Gasteiger charge is 2.45. The summed E-state index contributed by atoms with van der Waals surface area (Å²) >= 11 is 0. The molecule has 172 valence electrons. The van der Waals surface area contributed by atoms with Gasteiger partial charge in [0.1, 0.15) is 12.0 Å². The summed E-state index contributed by atoms with van der Waals surface area (Å²) in [4.78, 5) is 30.1. The number of cyclic esters (lactones) is 1. The monoisotopic (exact) mass is 454 g/mol. The molecular weight excluding hydrogens is 433 g/mol. The zero-order chi connectivity index (χ0) is 23.0. The maximum Gasteiger partial charge on any atom is 0.434 e. The van der Waals surface area contributed by atoms with Gasteiger partial charge in [-0.1, -0.05) is 0 Å². The molecule has 0 spiro atoms. The van der Waals surface area contributed by atoms with E-state index in [-0.39, 0.29) is 23.9 Å². The van der Waals surface area contributed by atoms with Crippen LogP contribution in [0.1, 0.15) is 24.2 Å². The van der Waals surface area contributed by atoms with Crippen molar-refractivity contribution in [1.29, 1.82) is 0 Å². The third kappa shape index (κ3) is 4.17. The first-order valence-corrected chi connectivity index (χ1v) is 9.92. The lowest BCUT2D eigenvalue weighted by atomic mass is 9.88. The molecule has 32 heavy (non-hydrogen) atoms.